The number of halogens is 1. The highest BCUT2D eigenvalue weighted by molar-refractivity contribution is 5.26. The number of hydrogen-bond donors (Lipinski definition) is 0. The predicted molar refractivity (Wildman–Crippen MR) is 66.0 cm³/mol. The van der Waals surface area contributed by atoms with Crippen LogP contribution < -0.4 is 0 Å². The minimum absolute atomic E-state index is 0.0819. The summed E-state index contributed by atoms with van der Waals surface area (Å²) >= 11 is 0. The fraction of sp³-hybridized carbons (Fsp3) is 0.467. The van der Waals surface area contributed by atoms with Gasteiger partial charge >= 0.3 is 0 Å². The molecule has 1 unspecified atom stereocenters. The smallest absolute Gasteiger partial charge is 0.100 e. The molecule has 1 aromatic rings. The zero-order valence-electron chi connectivity index (χ0n) is 9.66. The molecule has 0 heterocycles. The van der Waals surface area contributed by atoms with Gasteiger partial charge in [0.1, 0.15) is 5.83 Å². The molecule has 1 heteroatoms. The van der Waals surface area contributed by atoms with E-state index in [0.717, 1.165) is 18.4 Å². The minimum atomic E-state index is -0.168. The van der Waals surface area contributed by atoms with Crippen molar-refractivity contribution in [3.63, 3.8) is 0 Å². The Morgan fingerprint density at radius 2 is 1.75 bits per heavy atom. The Bertz CT molecular complexity index is 336. The molecule has 1 aliphatic rings. The maximum absolute atomic E-state index is 13.6. The zero-order valence-corrected chi connectivity index (χ0v) is 9.66. The lowest BCUT2D eigenvalue weighted by Crippen LogP contribution is -2.16. The summed E-state index contributed by atoms with van der Waals surface area (Å²) in [5.74, 6) is 0.202. The van der Waals surface area contributed by atoms with Gasteiger partial charge in [-0.15, -0.1) is 0 Å². The first-order valence-corrected chi connectivity index (χ1v) is 6.18. The Labute approximate surface area is 97.2 Å². The standard InChI is InChI=1S/C15H19F/c1-12(16)15(13-8-4-2-5-9-13)14-10-6-3-7-11-14/h2,4-5,8-9,14-15H,1,3,6-7,10-11H2. The minimum Gasteiger partial charge on any atom is -0.212 e. The summed E-state index contributed by atoms with van der Waals surface area (Å²) in [4.78, 5) is 0. The first kappa shape index (κ1) is 11.4. The van der Waals surface area contributed by atoms with Crippen LogP contribution in [-0.2, 0) is 0 Å². The van der Waals surface area contributed by atoms with E-state index >= 15 is 0 Å². The lowest BCUT2D eigenvalue weighted by atomic mass is 9.76. The molecule has 0 saturated heterocycles. The van der Waals surface area contributed by atoms with Gasteiger partial charge in [-0.1, -0.05) is 56.2 Å². The molecule has 2 rings (SSSR count). The summed E-state index contributed by atoms with van der Waals surface area (Å²) in [6.45, 7) is 3.54. The van der Waals surface area contributed by atoms with Crippen LogP contribution in [0.1, 0.15) is 43.6 Å². The molecule has 1 aromatic carbocycles. The van der Waals surface area contributed by atoms with Gasteiger partial charge in [-0.3, -0.25) is 0 Å². The summed E-state index contributed by atoms with van der Waals surface area (Å²) < 4.78 is 13.6. The van der Waals surface area contributed by atoms with E-state index in [1.165, 1.54) is 19.3 Å². The van der Waals surface area contributed by atoms with E-state index in [1.54, 1.807) is 0 Å². The highest BCUT2D eigenvalue weighted by Gasteiger charge is 2.27. The zero-order chi connectivity index (χ0) is 11.4. The molecule has 0 aromatic heterocycles. The van der Waals surface area contributed by atoms with E-state index in [-0.39, 0.29) is 11.7 Å². The van der Waals surface area contributed by atoms with Crippen LogP contribution in [0.4, 0.5) is 4.39 Å². The Morgan fingerprint density at radius 1 is 1.12 bits per heavy atom. The first-order valence-electron chi connectivity index (χ1n) is 6.18. The molecular weight excluding hydrogens is 199 g/mol. The summed E-state index contributed by atoms with van der Waals surface area (Å²) in [5, 5.41) is 0. The largest absolute Gasteiger partial charge is 0.212 e. The van der Waals surface area contributed by atoms with Crippen molar-refractivity contribution in [1.29, 1.82) is 0 Å². The van der Waals surface area contributed by atoms with Crippen molar-refractivity contribution in [3.05, 3.63) is 48.3 Å². The summed E-state index contributed by atoms with van der Waals surface area (Å²) in [6, 6.07) is 9.97. The van der Waals surface area contributed by atoms with Crippen molar-refractivity contribution in [2.45, 2.75) is 38.0 Å². The second kappa shape index (κ2) is 5.29. The van der Waals surface area contributed by atoms with Crippen LogP contribution in [0.2, 0.25) is 0 Å². The van der Waals surface area contributed by atoms with E-state index in [9.17, 15) is 4.39 Å². The molecule has 0 spiro atoms. The lowest BCUT2D eigenvalue weighted by molar-refractivity contribution is 0.302. The highest BCUT2D eigenvalue weighted by Crippen LogP contribution is 2.40. The normalized spacial score (nSPS) is 19.3. The van der Waals surface area contributed by atoms with Crippen LogP contribution in [0.3, 0.4) is 0 Å². The summed E-state index contributed by atoms with van der Waals surface area (Å²) in [6.07, 6.45) is 6.06. The molecule has 0 nitrogen and oxygen atoms in total. The number of rotatable bonds is 3. The van der Waals surface area contributed by atoms with Crippen LogP contribution in [-0.4, -0.2) is 0 Å². The Kier molecular flexibility index (Phi) is 3.76. The molecule has 1 fully saturated rings. The van der Waals surface area contributed by atoms with Crippen LogP contribution in [0, 0.1) is 5.92 Å². The van der Waals surface area contributed by atoms with E-state index in [4.69, 9.17) is 0 Å². The van der Waals surface area contributed by atoms with Crippen molar-refractivity contribution in [2.24, 2.45) is 5.92 Å². The van der Waals surface area contributed by atoms with Gasteiger partial charge in [0.25, 0.3) is 0 Å². The van der Waals surface area contributed by atoms with Crippen molar-refractivity contribution in [2.75, 3.05) is 0 Å². The fourth-order valence-electron chi connectivity index (χ4n) is 2.84. The van der Waals surface area contributed by atoms with Gasteiger partial charge in [0.2, 0.25) is 0 Å². The Morgan fingerprint density at radius 3 is 2.31 bits per heavy atom. The maximum Gasteiger partial charge on any atom is 0.100 e. The average molecular weight is 218 g/mol. The Balaban J connectivity index is 2.20. The predicted octanol–water partition coefficient (Wildman–Crippen LogP) is 4.83. The number of allylic oxidation sites excluding steroid dienone is 1. The Hall–Kier alpha value is -1.11. The summed E-state index contributed by atoms with van der Waals surface area (Å²) in [5.41, 5.74) is 1.09. The molecule has 0 aliphatic heterocycles. The molecule has 0 amide bonds. The fourth-order valence-corrected chi connectivity index (χ4v) is 2.84. The van der Waals surface area contributed by atoms with Crippen LogP contribution in [0.5, 0.6) is 0 Å². The van der Waals surface area contributed by atoms with Crippen LogP contribution in [0.15, 0.2) is 42.7 Å². The third kappa shape index (κ3) is 2.52. The van der Waals surface area contributed by atoms with Gasteiger partial charge < -0.3 is 0 Å². The van der Waals surface area contributed by atoms with E-state index in [0.29, 0.717) is 5.92 Å². The molecule has 1 atom stereocenters. The monoisotopic (exact) mass is 218 g/mol. The maximum atomic E-state index is 13.6. The van der Waals surface area contributed by atoms with Gasteiger partial charge in [0, 0.05) is 5.92 Å². The molecule has 1 aliphatic carbocycles. The molecule has 0 radical (unpaired) electrons. The van der Waals surface area contributed by atoms with E-state index < -0.39 is 0 Å². The van der Waals surface area contributed by atoms with Gasteiger partial charge in [0.15, 0.2) is 0 Å². The topological polar surface area (TPSA) is 0 Å². The number of benzene rings is 1. The van der Waals surface area contributed by atoms with Crippen LogP contribution in [0.25, 0.3) is 0 Å². The molecule has 0 N–H and O–H groups in total. The number of hydrogen-bond acceptors (Lipinski definition) is 0. The second-order valence-corrected chi connectivity index (χ2v) is 4.73. The molecular formula is C15H19F. The third-order valence-corrected chi connectivity index (χ3v) is 3.62. The highest BCUT2D eigenvalue weighted by atomic mass is 19.1. The van der Waals surface area contributed by atoms with Gasteiger partial charge in [-0.05, 0) is 24.3 Å². The third-order valence-electron chi connectivity index (χ3n) is 3.62. The van der Waals surface area contributed by atoms with Gasteiger partial charge in [0.05, 0.1) is 0 Å². The molecule has 1 saturated carbocycles. The van der Waals surface area contributed by atoms with Crippen LogP contribution >= 0.6 is 0 Å². The van der Waals surface area contributed by atoms with Gasteiger partial charge in [-0.25, -0.2) is 4.39 Å². The second-order valence-electron chi connectivity index (χ2n) is 4.73. The van der Waals surface area contributed by atoms with Gasteiger partial charge in [-0.2, -0.15) is 0 Å². The average Bonchev–Trinajstić information content (AvgIpc) is 2.31. The lowest BCUT2D eigenvalue weighted by Gasteiger charge is -2.29. The van der Waals surface area contributed by atoms with E-state index in [2.05, 4.69) is 6.58 Å². The summed E-state index contributed by atoms with van der Waals surface area (Å²) in [7, 11) is 0. The molecule has 0 bridgehead atoms. The quantitative estimate of drug-likeness (QED) is 0.681. The van der Waals surface area contributed by atoms with E-state index in [1.807, 2.05) is 30.3 Å². The van der Waals surface area contributed by atoms with Crippen molar-refractivity contribution >= 4 is 0 Å². The van der Waals surface area contributed by atoms with Crippen molar-refractivity contribution < 1.29 is 4.39 Å². The first-order chi connectivity index (χ1) is 7.79. The van der Waals surface area contributed by atoms with Crippen molar-refractivity contribution in [3.8, 4) is 0 Å². The SMILES string of the molecule is C=C(F)C(c1ccccc1)C1CCCCC1. The molecule has 86 valence electrons. The molecule has 16 heavy (non-hydrogen) atoms. The van der Waals surface area contributed by atoms with Crippen molar-refractivity contribution in [1.82, 2.24) is 0 Å².